The molecule has 13 heteroatoms. The lowest BCUT2D eigenvalue weighted by Crippen LogP contribution is -2.50. The molecule has 33 heavy (non-hydrogen) atoms. The molecule has 1 saturated heterocycles. The second-order valence-electron chi connectivity index (χ2n) is 7.12. The molecule has 2 aromatic rings. The Morgan fingerprint density at radius 2 is 1.85 bits per heavy atom. The summed E-state index contributed by atoms with van der Waals surface area (Å²) >= 11 is 5.97. The number of pyridine rings is 1. The fraction of sp³-hybridized carbons (Fsp3) is 0.350. The Kier molecular flexibility index (Phi) is 7.36. The first-order valence-electron chi connectivity index (χ1n) is 9.69. The summed E-state index contributed by atoms with van der Waals surface area (Å²) in [5.74, 6) is -1.05. The van der Waals surface area contributed by atoms with Gasteiger partial charge in [0.15, 0.2) is 6.61 Å². The molecule has 0 bridgehead atoms. The fourth-order valence-electron chi connectivity index (χ4n) is 3.26. The summed E-state index contributed by atoms with van der Waals surface area (Å²) in [7, 11) is 0. The number of esters is 1. The van der Waals surface area contributed by atoms with E-state index < -0.39 is 35.1 Å². The van der Waals surface area contributed by atoms with Crippen LogP contribution in [0.4, 0.5) is 24.7 Å². The summed E-state index contributed by atoms with van der Waals surface area (Å²) in [5.41, 5.74) is -0.991. The van der Waals surface area contributed by atoms with Gasteiger partial charge in [-0.3, -0.25) is 19.7 Å². The van der Waals surface area contributed by atoms with Crippen LogP contribution in [0, 0.1) is 10.1 Å². The van der Waals surface area contributed by atoms with Gasteiger partial charge in [0, 0.05) is 44.0 Å². The number of nitro groups is 1. The second-order valence-corrected chi connectivity index (χ2v) is 7.53. The van der Waals surface area contributed by atoms with Gasteiger partial charge in [0.2, 0.25) is 0 Å². The van der Waals surface area contributed by atoms with Gasteiger partial charge in [0.1, 0.15) is 5.82 Å². The van der Waals surface area contributed by atoms with E-state index >= 15 is 0 Å². The van der Waals surface area contributed by atoms with Crippen molar-refractivity contribution >= 4 is 35.0 Å². The van der Waals surface area contributed by atoms with Crippen LogP contribution in [0.5, 0.6) is 0 Å². The lowest BCUT2D eigenvalue weighted by Gasteiger charge is -2.35. The summed E-state index contributed by atoms with van der Waals surface area (Å²) in [6.45, 7) is 0.458. The molecule has 1 aromatic carbocycles. The number of rotatable bonds is 6. The van der Waals surface area contributed by atoms with Crippen LogP contribution < -0.4 is 4.90 Å². The molecule has 0 atom stereocenters. The Balaban J connectivity index is 1.50. The number of nitro benzene ring substituents is 1. The molecular formula is C20H18ClF3N4O5. The predicted molar refractivity (Wildman–Crippen MR) is 111 cm³/mol. The van der Waals surface area contributed by atoms with Gasteiger partial charge < -0.3 is 14.5 Å². The Hall–Kier alpha value is -3.41. The van der Waals surface area contributed by atoms with Crippen LogP contribution in [0.3, 0.4) is 0 Å². The number of halogens is 4. The fourth-order valence-corrected chi connectivity index (χ4v) is 3.55. The van der Waals surface area contributed by atoms with Crippen molar-refractivity contribution in [1.82, 2.24) is 9.88 Å². The van der Waals surface area contributed by atoms with Crippen molar-refractivity contribution in [3.8, 4) is 0 Å². The van der Waals surface area contributed by atoms with Crippen molar-refractivity contribution in [3.63, 3.8) is 0 Å². The highest BCUT2D eigenvalue weighted by Gasteiger charge is 2.32. The highest BCUT2D eigenvalue weighted by molar-refractivity contribution is 6.33. The summed E-state index contributed by atoms with van der Waals surface area (Å²) in [5, 5.41) is 10.9. The van der Waals surface area contributed by atoms with Crippen molar-refractivity contribution in [2.24, 2.45) is 0 Å². The Labute approximate surface area is 190 Å². The second kappa shape index (κ2) is 10.0. The first-order valence-corrected chi connectivity index (χ1v) is 10.1. The van der Waals surface area contributed by atoms with E-state index in [4.69, 9.17) is 16.3 Å². The van der Waals surface area contributed by atoms with Gasteiger partial charge in [0.25, 0.3) is 11.6 Å². The zero-order valence-electron chi connectivity index (χ0n) is 17.0. The molecule has 0 spiro atoms. The van der Waals surface area contributed by atoms with Crippen LogP contribution in [0.25, 0.3) is 0 Å². The molecule has 3 rings (SSSR count). The van der Waals surface area contributed by atoms with Crippen molar-refractivity contribution in [3.05, 3.63) is 62.8 Å². The number of carbonyl (C=O) groups is 2. The number of ether oxygens (including phenoxy) is 1. The smallest absolute Gasteiger partial charge is 0.417 e. The van der Waals surface area contributed by atoms with Gasteiger partial charge in [-0.15, -0.1) is 0 Å². The standard InChI is InChI=1S/C20H18ClF3N4O5/c21-15-10-14(20(22,23)24)11-25-19(15)27-7-5-26(6-8-27)17(29)12-33-18(30)9-13-3-1-2-4-16(13)28(31)32/h1-4,10-11H,5-9,12H2. The van der Waals surface area contributed by atoms with Crippen LogP contribution in [0.15, 0.2) is 36.5 Å². The molecular weight excluding hydrogens is 469 g/mol. The lowest BCUT2D eigenvalue weighted by atomic mass is 10.1. The SMILES string of the molecule is O=C(Cc1ccccc1[N+](=O)[O-])OCC(=O)N1CCN(c2ncc(C(F)(F)F)cc2Cl)CC1. The van der Waals surface area contributed by atoms with Gasteiger partial charge in [-0.25, -0.2) is 4.98 Å². The van der Waals surface area contributed by atoms with Crippen molar-refractivity contribution in [2.45, 2.75) is 12.6 Å². The Morgan fingerprint density at radius 3 is 2.45 bits per heavy atom. The maximum Gasteiger partial charge on any atom is 0.417 e. The van der Waals surface area contributed by atoms with E-state index in [-0.39, 0.29) is 54.7 Å². The van der Waals surface area contributed by atoms with E-state index in [9.17, 15) is 32.9 Å². The topological polar surface area (TPSA) is 106 Å². The molecule has 1 aliphatic rings. The van der Waals surface area contributed by atoms with Crippen LogP contribution in [-0.4, -0.2) is 59.5 Å². The Morgan fingerprint density at radius 1 is 1.18 bits per heavy atom. The summed E-state index contributed by atoms with van der Waals surface area (Å²) in [6, 6.07) is 6.53. The largest absolute Gasteiger partial charge is 0.455 e. The molecule has 1 aromatic heterocycles. The minimum absolute atomic E-state index is 0.145. The molecule has 1 fully saturated rings. The zero-order valence-corrected chi connectivity index (χ0v) is 17.8. The van der Waals surface area contributed by atoms with Crippen molar-refractivity contribution in [1.29, 1.82) is 0 Å². The molecule has 176 valence electrons. The molecule has 9 nitrogen and oxygen atoms in total. The maximum atomic E-state index is 12.8. The number of para-hydroxylation sites is 1. The van der Waals surface area contributed by atoms with Crippen LogP contribution in [0.2, 0.25) is 5.02 Å². The predicted octanol–water partition coefficient (Wildman–Crippen LogP) is 3.10. The minimum atomic E-state index is -4.55. The van der Waals surface area contributed by atoms with E-state index in [2.05, 4.69) is 4.98 Å². The van der Waals surface area contributed by atoms with Crippen LogP contribution in [-0.2, 0) is 26.9 Å². The van der Waals surface area contributed by atoms with Crippen molar-refractivity contribution in [2.75, 3.05) is 37.7 Å². The van der Waals surface area contributed by atoms with Crippen molar-refractivity contribution < 1.29 is 32.4 Å². The highest BCUT2D eigenvalue weighted by Crippen LogP contribution is 2.33. The highest BCUT2D eigenvalue weighted by atomic mass is 35.5. The van der Waals surface area contributed by atoms with Gasteiger partial charge >= 0.3 is 12.1 Å². The summed E-state index contributed by atoms with van der Waals surface area (Å²) < 4.78 is 43.3. The molecule has 0 radical (unpaired) electrons. The van der Waals surface area contributed by atoms with Gasteiger partial charge in [0.05, 0.1) is 21.9 Å². The van der Waals surface area contributed by atoms with E-state index in [0.29, 0.717) is 6.20 Å². The molecule has 1 amide bonds. The molecule has 0 saturated carbocycles. The van der Waals surface area contributed by atoms with E-state index in [1.54, 1.807) is 11.0 Å². The third kappa shape index (κ3) is 6.09. The number of hydrogen-bond acceptors (Lipinski definition) is 7. The number of anilines is 1. The van der Waals surface area contributed by atoms with Crippen LogP contribution >= 0.6 is 11.6 Å². The third-order valence-electron chi connectivity index (χ3n) is 4.96. The third-order valence-corrected chi connectivity index (χ3v) is 5.24. The number of nitrogens with zero attached hydrogens (tertiary/aromatic N) is 4. The maximum absolute atomic E-state index is 12.8. The average molecular weight is 487 g/mol. The number of alkyl halides is 3. The monoisotopic (exact) mass is 486 g/mol. The quantitative estimate of drug-likeness (QED) is 0.351. The number of hydrogen-bond donors (Lipinski definition) is 0. The normalized spacial score (nSPS) is 14.2. The minimum Gasteiger partial charge on any atom is -0.455 e. The first kappa shape index (κ1) is 24.2. The molecule has 0 N–H and O–H groups in total. The number of aromatic nitrogens is 1. The molecule has 2 heterocycles. The molecule has 0 unspecified atom stereocenters. The van der Waals surface area contributed by atoms with Gasteiger partial charge in [-0.2, -0.15) is 13.2 Å². The van der Waals surface area contributed by atoms with E-state index in [0.717, 1.165) is 6.07 Å². The average Bonchev–Trinajstić information content (AvgIpc) is 2.77. The number of piperazine rings is 1. The molecule has 1 aliphatic heterocycles. The number of amides is 1. The first-order chi connectivity index (χ1) is 15.6. The zero-order chi connectivity index (χ0) is 24.2. The number of carbonyl (C=O) groups excluding carboxylic acids is 2. The van der Waals surface area contributed by atoms with E-state index in [1.807, 2.05) is 0 Å². The molecule has 0 aliphatic carbocycles. The number of benzene rings is 1. The van der Waals surface area contributed by atoms with Gasteiger partial charge in [-0.1, -0.05) is 29.8 Å². The summed E-state index contributed by atoms with van der Waals surface area (Å²) in [6.07, 6.45) is -4.20. The van der Waals surface area contributed by atoms with Gasteiger partial charge in [-0.05, 0) is 6.07 Å². The summed E-state index contributed by atoms with van der Waals surface area (Å²) in [4.78, 5) is 41.7. The Bertz CT molecular complexity index is 1060. The van der Waals surface area contributed by atoms with E-state index in [1.165, 1.54) is 23.1 Å². The lowest BCUT2D eigenvalue weighted by molar-refractivity contribution is -0.385. The van der Waals surface area contributed by atoms with Crippen LogP contribution in [0.1, 0.15) is 11.1 Å².